The van der Waals surface area contributed by atoms with Crippen molar-refractivity contribution in [3.8, 4) is 5.69 Å². The van der Waals surface area contributed by atoms with Crippen LogP contribution in [-0.2, 0) is 4.74 Å². The quantitative estimate of drug-likeness (QED) is 0.889. The fourth-order valence-corrected chi connectivity index (χ4v) is 1.80. The molecule has 2 aromatic rings. The zero-order valence-corrected chi connectivity index (χ0v) is 12.7. The molecule has 0 aliphatic carbocycles. The second-order valence-corrected chi connectivity index (χ2v) is 5.84. The Balaban J connectivity index is 2.18. The zero-order valence-electron chi connectivity index (χ0n) is 12.7. The average molecular weight is 288 g/mol. The molecule has 0 aliphatic heterocycles. The van der Waals surface area contributed by atoms with Gasteiger partial charge in [-0.2, -0.15) is 0 Å². The molecule has 1 aromatic heterocycles. The first-order valence-electron chi connectivity index (χ1n) is 6.67. The molecule has 112 valence electrons. The van der Waals surface area contributed by atoms with Crippen LogP contribution in [0.2, 0.25) is 0 Å². The molecule has 0 spiro atoms. The fourth-order valence-electron chi connectivity index (χ4n) is 1.80. The molecule has 0 aliphatic rings. The van der Waals surface area contributed by atoms with Gasteiger partial charge in [-0.05, 0) is 45.4 Å². The fraction of sp³-hybridized carbons (Fsp3) is 0.333. The van der Waals surface area contributed by atoms with E-state index in [9.17, 15) is 4.79 Å². The number of carbonyl (C=O) groups excluding carboxylic acids is 1. The SMILES string of the molecule is Cc1cccc(-n2cc(NC(=O)OC(C)(C)C)c(N)n2)c1. The summed E-state index contributed by atoms with van der Waals surface area (Å²) < 4.78 is 6.81. The summed E-state index contributed by atoms with van der Waals surface area (Å²) in [7, 11) is 0. The highest BCUT2D eigenvalue weighted by Gasteiger charge is 2.18. The molecule has 3 N–H and O–H groups in total. The number of amides is 1. The average Bonchev–Trinajstić information content (AvgIpc) is 2.68. The largest absolute Gasteiger partial charge is 0.444 e. The Hall–Kier alpha value is -2.50. The van der Waals surface area contributed by atoms with E-state index in [0.717, 1.165) is 11.3 Å². The van der Waals surface area contributed by atoms with Crippen LogP contribution in [0.1, 0.15) is 26.3 Å². The molecule has 2 rings (SSSR count). The van der Waals surface area contributed by atoms with Gasteiger partial charge in [-0.15, -0.1) is 5.10 Å². The maximum Gasteiger partial charge on any atom is 0.412 e. The first-order chi connectivity index (χ1) is 9.74. The van der Waals surface area contributed by atoms with E-state index in [-0.39, 0.29) is 5.82 Å². The molecule has 0 bridgehead atoms. The van der Waals surface area contributed by atoms with Crippen molar-refractivity contribution in [3.05, 3.63) is 36.0 Å². The molecule has 0 fully saturated rings. The first-order valence-corrected chi connectivity index (χ1v) is 6.67. The Morgan fingerprint density at radius 2 is 2.10 bits per heavy atom. The highest BCUT2D eigenvalue weighted by molar-refractivity contribution is 5.88. The van der Waals surface area contributed by atoms with Crippen molar-refractivity contribution in [3.63, 3.8) is 0 Å². The van der Waals surface area contributed by atoms with Gasteiger partial charge in [0.25, 0.3) is 0 Å². The number of ether oxygens (including phenoxy) is 1. The van der Waals surface area contributed by atoms with Crippen LogP contribution >= 0.6 is 0 Å². The van der Waals surface area contributed by atoms with E-state index in [2.05, 4.69) is 10.4 Å². The third-order valence-electron chi connectivity index (χ3n) is 2.64. The number of rotatable bonds is 2. The molecule has 0 radical (unpaired) electrons. The van der Waals surface area contributed by atoms with Crippen LogP contribution in [0.3, 0.4) is 0 Å². The summed E-state index contributed by atoms with van der Waals surface area (Å²) in [5.41, 5.74) is 7.67. The van der Waals surface area contributed by atoms with Crippen LogP contribution in [0.15, 0.2) is 30.5 Å². The number of hydrogen-bond acceptors (Lipinski definition) is 4. The number of aryl methyl sites for hydroxylation is 1. The lowest BCUT2D eigenvalue weighted by Crippen LogP contribution is -2.27. The van der Waals surface area contributed by atoms with E-state index in [1.807, 2.05) is 31.2 Å². The van der Waals surface area contributed by atoms with Gasteiger partial charge in [0.2, 0.25) is 0 Å². The minimum absolute atomic E-state index is 0.238. The molecule has 21 heavy (non-hydrogen) atoms. The van der Waals surface area contributed by atoms with E-state index in [1.165, 1.54) is 0 Å². The van der Waals surface area contributed by atoms with Crippen molar-refractivity contribution in [1.82, 2.24) is 9.78 Å². The maximum atomic E-state index is 11.8. The number of nitrogens with two attached hydrogens (primary N) is 1. The number of carbonyl (C=O) groups is 1. The Labute approximate surface area is 123 Å². The summed E-state index contributed by atoms with van der Waals surface area (Å²) in [4.78, 5) is 11.8. The topological polar surface area (TPSA) is 82.2 Å². The van der Waals surface area contributed by atoms with E-state index < -0.39 is 11.7 Å². The number of anilines is 2. The number of nitrogen functional groups attached to an aromatic ring is 1. The van der Waals surface area contributed by atoms with Crippen molar-refractivity contribution in [2.45, 2.75) is 33.3 Å². The molecule has 1 amide bonds. The van der Waals surface area contributed by atoms with E-state index in [4.69, 9.17) is 10.5 Å². The van der Waals surface area contributed by atoms with Crippen LogP contribution in [0.25, 0.3) is 5.69 Å². The summed E-state index contributed by atoms with van der Waals surface area (Å²) in [6.45, 7) is 7.39. The van der Waals surface area contributed by atoms with Gasteiger partial charge in [0.05, 0.1) is 11.9 Å². The van der Waals surface area contributed by atoms with Crippen molar-refractivity contribution < 1.29 is 9.53 Å². The van der Waals surface area contributed by atoms with Crippen molar-refractivity contribution in [1.29, 1.82) is 0 Å². The second-order valence-electron chi connectivity index (χ2n) is 5.84. The molecular weight excluding hydrogens is 268 g/mol. The van der Waals surface area contributed by atoms with Crippen molar-refractivity contribution in [2.24, 2.45) is 0 Å². The van der Waals surface area contributed by atoms with E-state index >= 15 is 0 Å². The molecule has 1 heterocycles. The van der Waals surface area contributed by atoms with Crippen LogP contribution < -0.4 is 11.1 Å². The highest BCUT2D eigenvalue weighted by atomic mass is 16.6. The lowest BCUT2D eigenvalue weighted by Gasteiger charge is -2.19. The lowest BCUT2D eigenvalue weighted by molar-refractivity contribution is 0.0636. The number of hydrogen-bond donors (Lipinski definition) is 2. The van der Waals surface area contributed by atoms with Gasteiger partial charge in [-0.1, -0.05) is 12.1 Å². The third-order valence-corrected chi connectivity index (χ3v) is 2.64. The summed E-state index contributed by atoms with van der Waals surface area (Å²) in [5.74, 6) is 0.238. The summed E-state index contributed by atoms with van der Waals surface area (Å²) in [6, 6.07) is 7.82. The number of aromatic nitrogens is 2. The van der Waals surface area contributed by atoms with Gasteiger partial charge in [-0.3, -0.25) is 5.32 Å². The van der Waals surface area contributed by atoms with Gasteiger partial charge < -0.3 is 10.5 Å². The molecule has 6 nitrogen and oxygen atoms in total. The van der Waals surface area contributed by atoms with E-state index in [1.54, 1.807) is 31.6 Å². The summed E-state index contributed by atoms with van der Waals surface area (Å²) in [5, 5.41) is 6.80. The summed E-state index contributed by atoms with van der Waals surface area (Å²) in [6.07, 6.45) is 1.10. The highest BCUT2D eigenvalue weighted by Crippen LogP contribution is 2.20. The number of benzene rings is 1. The maximum absolute atomic E-state index is 11.8. The zero-order chi connectivity index (χ0) is 15.6. The predicted molar refractivity (Wildman–Crippen MR) is 82.6 cm³/mol. The second kappa shape index (κ2) is 5.47. The Morgan fingerprint density at radius 3 is 2.71 bits per heavy atom. The monoisotopic (exact) mass is 288 g/mol. The molecule has 0 unspecified atom stereocenters. The Bertz CT molecular complexity index is 656. The van der Waals surface area contributed by atoms with Crippen LogP contribution in [0.5, 0.6) is 0 Å². The number of nitrogens with zero attached hydrogens (tertiary/aromatic N) is 2. The molecule has 6 heteroatoms. The minimum atomic E-state index is -0.564. The molecule has 1 aromatic carbocycles. The lowest BCUT2D eigenvalue weighted by atomic mass is 10.2. The standard InChI is InChI=1S/C15H20N4O2/c1-10-6-5-7-11(8-10)19-9-12(13(16)18-19)17-14(20)21-15(2,3)4/h5-9H,1-4H3,(H2,16,18)(H,17,20). The normalized spacial score (nSPS) is 11.2. The van der Waals surface area contributed by atoms with Gasteiger partial charge in [0.15, 0.2) is 5.82 Å². The molecular formula is C15H20N4O2. The van der Waals surface area contributed by atoms with Crippen LogP contribution in [0.4, 0.5) is 16.3 Å². The van der Waals surface area contributed by atoms with Gasteiger partial charge in [-0.25, -0.2) is 9.48 Å². The van der Waals surface area contributed by atoms with Gasteiger partial charge >= 0.3 is 6.09 Å². The smallest absolute Gasteiger partial charge is 0.412 e. The van der Waals surface area contributed by atoms with Crippen LogP contribution in [-0.4, -0.2) is 21.5 Å². The molecule has 0 saturated carbocycles. The van der Waals surface area contributed by atoms with Crippen LogP contribution in [0, 0.1) is 6.92 Å². The first kappa shape index (κ1) is 14.9. The number of nitrogens with one attached hydrogen (secondary N) is 1. The third kappa shape index (κ3) is 3.98. The Kier molecular flexibility index (Phi) is 3.88. The minimum Gasteiger partial charge on any atom is -0.444 e. The summed E-state index contributed by atoms with van der Waals surface area (Å²) >= 11 is 0. The van der Waals surface area contributed by atoms with Crippen molar-refractivity contribution >= 4 is 17.6 Å². The van der Waals surface area contributed by atoms with Gasteiger partial charge in [0.1, 0.15) is 11.3 Å². The van der Waals surface area contributed by atoms with E-state index in [0.29, 0.717) is 5.69 Å². The molecule has 0 saturated heterocycles. The predicted octanol–water partition coefficient (Wildman–Crippen LogP) is 3.11. The molecule has 0 atom stereocenters. The van der Waals surface area contributed by atoms with Gasteiger partial charge in [0, 0.05) is 0 Å². The Morgan fingerprint density at radius 1 is 1.38 bits per heavy atom. The van der Waals surface area contributed by atoms with Crippen molar-refractivity contribution in [2.75, 3.05) is 11.1 Å².